The monoisotopic (exact) mass is 334 g/mol. The molecule has 0 saturated carbocycles. The maximum atomic E-state index is 12.3. The van der Waals surface area contributed by atoms with Crippen molar-refractivity contribution in [2.75, 3.05) is 12.4 Å². The summed E-state index contributed by atoms with van der Waals surface area (Å²) < 4.78 is 4.67. The van der Waals surface area contributed by atoms with Gasteiger partial charge in [-0.3, -0.25) is 14.4 Å². The highest BCUT2D eigenvalue weighted by atomic mass is 16.5. The molecule has 0 spiro atoms. The lowest BCUT2D eigenvalue weighted by molar-refractivity contribution is -0.143. The van der Waals surface area contributed by atoms with Crippen LogP contribution in [0, 0.1) is 0 Å². The molecule has 1 aromatic carbocycles. The highest BCUT2D eigenvalue weighted by molar-refractivity contribution is 5.98. The third-order valence-electron chi connectivity index (χ3n) is 3.34. The number of nitrogens with one attached hydrogen (secondary N) is 2. The number of rotatable bonds is 8. The van der Waals surface area contributed by atoms with Crippen molar-refractivity contribution in [1.29, 1.82) is 0 Å². The van der Waals surface area contributed by atoms with Crippen LogP contribution >= 0.6 is 0 Å². The van der Waals surface area contributed by atoms with Gasteiger partial charge in [-0.1, -0.05) is 13.0 Å². The van der Waals surface area contributed by atoms with Crippen LogP contribution in [0.15, 0.2) is 24.3 Å². The number of benzene rings is 1. The minimum Gasteiger partial charge on any atom is -0.467 e. The van der Waals surface area contributed by atoms with Crippen molar-refractivity contribution in [3.63, 3.8) is 0 Å². The smallest absolute Gasteiger partial charge is 0.328 e. The van der Waals surface area contributed by atoms with Crippen LogP contribution in [-0.4, -0.2) is 36.7 Å². The summed E-state index contributed by atoms with van der Waals surface area (Å²) in [5.41, 5.74) is 0.767. The molecule has 0 aromatic heterocycles. The quantitative estimate of drug-likeness (QED) is 0.704. The van der Waals surface area contributed by atoms with Crippen LogP contribution < -0.4 is 10.6 Å². The normalized spacial score (nSPS) is 11.3. The van der Waals surface area contributed by atoms with E-state index in [2.05, 4.69) is 15.4 Å². The summed E-state index contributed by atoms with van der Waals surface area (Å²) in [6.07, 6.45) is 0.736. The zero-order valence-electron chi connectivity index (χ0n) is 14.0. The Balaban J connectivity index is 2.81. The zero-order valence-corrected chi connectivity index (χ0v) is 14.0. The summed E-state index contributed by atoms with van der Waals surface area (Å²) in [5.74, 6) is -1.34. The molecule has 24 heavy (non-hydrogen) atoms. The van der Waals surface area contributed by atoms with Crippen LogP contribution in [0.5, 0.6) is 0 Å². The molecule has 2 amide bonds. The van der Waals surface area contributed by atoms with Gasteiger partial charge in [-0.15, -0.1) is 0 Å². The minimum atomic E-state index is -0.901. The molecule has 7 nitrogen and oxygen atoms in total. The van der Waals surface area contributed by atoms with Gasteiger partial charge < -0.3 is 15.4 Å². The molecule has 0 fully saturated rings. The number of ketones is 1. The molecular formula is C17H22N2O5. The topological polar surface area (TPSA) is 102 Å². The highest BCUT2D eigenvalue weighted by Gasteiger charge is 2.23. The Kier molecular flexibility index (Phi) is 7.61. The van der Waals surface area contributed by atoms with E-state index in [1.807, 2.05) is 0 Å². The third-order valence-corrected chi connectivity index (χ3v) is 3.34. The molecule has 1 atom stereocenters. The average Bonchev–Trinajstić information content (AvgIpc) is 2.56. The van der Waals surface area contributed by atoms with Gasteiger partial charge in [0.25, 0.3) is 5.91 Å². The number of ether oxygens (including phenoxy) is 1. The number of hydrogen-bond acceptors (Lipinski definition) is 5. The Hall–Kier alpha value is -2.70. The molecule has 1 rings (SSSR count). The van der Waals surface area contributed by atoms with Gasteiger partial charge in [-0.05, 0) is 24.6 Å². The van der Waals surface area contributed by atoms with Crippen molar-refractivity contribution in [2.24, 2.45) is 0 Å². The lowest BCUT2D eigenvalue weighted by Crippen LogP contribution is -2.41. The van der Waals surface area contributed by atoms with E-state index in [-0.39, 0.29) is 30.1 Å². The molecule has 7 heteroatoms. The molecule has 0 unspecified atom stereocenters. The Morgan fingerprint density at radius 1 is 1.21 bits per heavy atom. The summed E-state index contributed by atoms with van der Waals surface area (Å²) in [7, 11) is 1.22. The molecular weight excluding hydrogens is 312 g/mol. The summed E-state index contributed by atoms with van der Waals surface area (Å²) >= 11 is 0. The van der Waals surface area contributed by atoms with Crippen molar-refractivity contribution < 1.29 is 23.9 Å². The molecule has 2 N–H and O–H groups in total. The summed E-state index contributed by atoms with van der Waals surface area (Å²) in [5, 5.41) is 5.15. The van der Waals surface area contributed by atoms with E-state index in [1.54, 1.807) is 25.1 Å². The second-order valence-corrected chi connectivity index (χ2v) is 5.24. The first kappa shape index (κ1) is 19.3. The van der Waals surface area contributed by atoms with E-state index in [9.17, 15) is 19.2 Å². The van der Waals surface area contributed by atoms with Gasteiger partial charge in [-0.25, -0.2) is 4.79 Å². The number of carbonyl (C=O) groups is 4. The van der Waals surface area contributed by atoms with E-state index in [0.29, 0.717) is 12.1 Å². The molecule has 130 valence electrons. The van der Waals surface area contributed by atoms with Crippen molar-refractivity contribution in [2.45, 2.75) is 39.2 Å². The van der Waals surface area contributed by atoms with Crippen LogP contribution in [0.4, 0.5) is 5.69 Å². The number of carbonyl (C=O) groups excluding carboxylic acids is 4. The first-order valence-electron chi connectivity index (χ1n) is 7.65. The van der Waals surface area contributed by atoms with Crippen LogP contribution in [-0.2, 0) is 19.1 Å². The van der Waals surface area contributed by atoms with E-state index in [0.717, 1.165) is 0 Å². The second-order valence-electron chi connectivity index (χ2n) is 5.24. The fraction of sp³-hybridized carbons (Fsp3) is 0.412. The van der Waals surface area contributed by atoms with Gasteiger partial charge in [0.2, 0.25) is 5.91 Å². The molecule has 0 aliphatic rings. The van der Waals surface area contributed by atoms with Gasteiger partial charge >= 0.3 is 5.97 Å². The SMILES string of the molecule is CCC(=O)CC[C@H](NC(=O)c1cccc(NC(C)=O)c1)C(=O)OC. The largest absolute Gasteiger partial charge is 0.467 e. The number of methoxy groups -OCH3 is 1. The van der Waals surface area contributed by atoms with E-state index < -0.39 is 17.9 Å². The summed E-state index contributed by atoms with van der Waals surface area (Å²) in [4.78, 5) is 46.6. The van der Waals surface area contributed by atoms with E-state index in [4.69, 9.17) is 0 Å². The zero-order chi connectivity index (χ0) is 18.1. The van der Waals surface area contributed by atoms with Crippen LogP contribution in [0.25, 0.3) is 0 Å². The molecule has 0 saturated heterocycles. The molecule has 0 radical (unpaired) electrons. The predicted molar refractivity (Wildman–Crippen MR) is 88.5 cm³/mol. The van der Waals surface area contributed by atoms with Gasteiger partial charge in [0, 0.05) is 31.0 Å². The molecule has 0 bridgehead atoms. The molecule has 0 aliphatic heterocycles. The van der Waals surface area contributed by atoms with Crippen molar-refractivity contribution in [1.82, 2.24) is 5.32 Å². The standard InChI is InChI=1S/C17H22N2O5/c1-4-14(21)8-9-15(17(23)24-3)19-16(22)12-6-5-7-13(10-12)18-11(2)20/h5-7,10,15H,4,8-9H2,1-3H3,(H,18,20)(H,19,22)/t15-/m0/s1. The fourth-order valence-electron chi connectivity index (χ4n) is 2.06. The van der Waals surface area contributed by atoms with E-state index in [1.165, 1.54) is 20.1 Å². The van der Waals surface area contributed by atoms with Gasteiger partial charge in [0.15, 0.2) is 0 Å². The van der Waals surface area contributed by atoms with Crippen LogP contribution in [0.2, 0.25) is 0 Å². The van der Waals surface area contributed by atoms with Crippen LogP contribution in [0.1, 0.15) is 43.5 Å². The fourth-order valence-corrected chi connectivity index (χ4v) is 2.06. The summed E-state index contributed by atoms with van der Waals surface area (Å²) in [6.45, 7) is 3.10. The second kappa shape index (κ2) is 9.44. The highest BCUT2D eigenvalue weighted by Crippen LogP contribution is 2.12. The lowest BCUT2D eigenvalue weighted by atomic mass is 10.1. The average molecular weight is 334 g/mol. The van der Waals surface area contributed by atoms with Gasteiger partial charge in [0.1, 0.15) is 11.8 Å². The number of esters is 1. The number of anilines is 1. The maximum Gasteiger partial charge on any atom is 0.328 e. The van der Waals surface area contributed by atoms with E-state index >= 15 is 0 Å². The lowest BCUT2D eigenvalue weighted by Gasteiger charge is -2.16. The van der Waals surface area contributed by atoms with Crippen LogP contribution in [0.3, 0.4) is 0 Å². The van der Waals surface area contributed by atoms with Crippen molar-refractivity contribution in [3.8, 4) is 0 Å². The number of hydrogen-bond donors (Lipinski definition) is 2. The predicted octanol–water partition coefficient (Wildman–Crippen LogP) is 1.68. The van der Waals surface area contributed by atoms with Crippen molar-refractivity contribution >= 4 is 29.3 Å². The number of Topliss-reactive ketones (excluding diaryl/α,β-unsaturated/α-hetero) is 1. The van der Waals surface area contributed by atoms with Gasteiger partial charge in [0.05, 0.1) is 7.11 Å². The molecule has 1 aromatic rings. The Morgan fingerprint density at radius 3 is 2.50 bits per heavy atom. The first-order chi connectivity index (χ1) is 11.4. The molecule has 0 aliphatic carbocycles. The van der Waals surface area contributed by atoms with Crippen molar-refractivity contribution in [3.05, 3.63) is 29.8 Å². The minimum absolute atomic E-state index is 0.00538. The third kappa shape index (κ3) is 6.20. The maximum absolute atomic E-state index is 12.3. The first-order valence-corrected chi connectivity index (χ1v) is 7.65. The Labute approximate surface area is 140 Å². The Morgan fingerprint density at radius 2 is 1.92 bits per heavy atom. The Bertz CT molecular complexity index is 627. The molecule has 0 heterocycles. The summed E-state index contributed by atoms with van der Waals surface area (Å²) in [6, 6.07) is 5.43. The number of amides is 2. The van der Waals surface area contributed by atoms with Gasteiger partial charge in [-0.2, -0.15) is 0 Å².